The van der Waals surface area contributed by atoms with Crippen LogP contribution >= 0.6 is 7.82 Å². The third kappa shape index (κ3) is 57.4. The number of quaternary nitrogens is 1. The molecule has 2 N–H and O–H groups in total. The third-order valence-electron chi connectivity index (χ3n) is 13.7. The van der Waals surface area contributed by atoms with Crippen LogP contribution in [0, 0.1) is 0 Å². The van der Waals surface area contributed by atoms with Crippen LogP contribution in [0.2, 0.25) is 0 Å². The molecule has 0 aromatic heterocycles. The molecule has 0 saturated heterocycles. The molecule has 1 amide bonds. The van der Waals surface area contributed by atoms with Crippen molar-refractivity contribution < 1.29 is 37.3 Å². The second-order valence-electron chi connectivity index (χ2n) is 22.4. The molecule has 0 heterocycles. The molecule has 77 heavy (non-hydrogen) atoms. The topological polar surface area (TPSA) is 111 Å². The molecule has 9 nitrogen and oxygen atoms in total. The number of unbranched alkanes of at least 4 members (excludes halogenated alkanes) is 31. The third-order valence-corrected chi connectivity index (χ3v) is 14.7. The van der Waals surface area contributed by atoms with E-state index in [1.54, 1.807) is 0 Å². The molecule has 0 aromatic rings. The number of rotatable bonds is 56. The van der Waals surface area contributed by atoms with Crippen molar-refractivity contribution in [3.05, 3.63) is 97.2 Å². The van der Waals surface area contributed by atoms with Crippen LogP contribution in [0.15, 0.2) is 97.2 Å². The first-order chi connectivity index (χ1) is 37.4. The van der Waals surface area contributed by atoms with Crippen molar-refractivity contribution in [1.29, 1.82) is 0 Å². The number of phosphoric ester groups is 1. The van der Waals surface area contributed by atoms with E-state index in [1.165, 1.54) is 161 Å². The fraction of sp³-hybridized carbons (Fsp3) is 0.731. The van der Waals surface area contributed by atoms with Gasteiger partial charge in [-0.1, -0.05) is 272 Å². The monoisotopic (exact) mass is 1100 g/mol. The maximum atomic E-state index is 13.6. The number of allylic oxidation sites excluding steroid dienone is 15. The van der Waals surface area contributed by atoms with E-state index in [1.807, 2.05) is 94.1 Å². The summed E-state index contributed by atoms with van der Waals surface area (Å²) in [6.07, 6.45) is 75.6. The maximum absolute atomic E-state index is 13.6. The van der Waals surface area contributed by atoms with Gasteiger partial charge in [0, 0.05) is 12.8 Å². The Kier molecular flexibility index (Phi) is 54.0. The lowest BCUT2D eigenvalue weighted by Crippen LogP contribution is -2.47. The van der Waals surface area contributed by atoms with Gasteiger partial charge in [-0.15, -0.1) is 0 Å². The van der Waals surface area contributed by atoms with Crippen molar-refractivity contribution >= 4 is 19.7 Å². The molecule has 0 aliphatic rings. The standard InChI is InChI=1S/C67H119N2O7P/c1-7-10-13-16-19-22-25-27-29-31-32-33-34-35-36-38-39-41-44-47-50-53-56-59-66(70)68-64(63-75-77(72,73)74-62-61-69(4,5)6)65(58-55-52-49-46-43-24-21-18-15-12-9-3)76-67(71)60-57-54-51-48-45-42-40-37-30-28-26-23-20-17-14-11-8-2/h11,14,17,20,23,26-30,37,40,42,45,55,58,64-65H,7-10,12-13,15-16,18-19,21-22,24-25,31-36,38-39,41,43-44,46-54,56-57,59-63H2,1-6H3,(H-,68,70,72,73)/p+1/b14-11-,20-17+,26-23+,29-27+,30-28-,40-37+,45-42+,58-55-. The van der Waals surface area contributed by atoms with E-state index in [-0.39, 0.29) is 31.5 Å². The van der Waals surface area contributed by atoms with Crippen LogP contribution in [0.3, 0.4) is 0 Å². The van der Waals surface area contributed by atoms with Crippen molar-refractivity contribution in [2.45, 2.75) is 277 Å². The SMILES string of the molecule is CC\C=C/C=C/C=C/C=C\C=C\C=C\CCCCCC(=O)OC(/C=C\CCCCCCCCCCC)C(COP(=O)(O)OCC[N+](C)(C)C)NC(=O)CCCCCCCCCCCCCCC/C=C/CCCCCCCC. The second kappa shape index (κ2) is 56.2. The van der Waals surface area contributed by atoms with Crippen LogP contribution in [0.1, 0.15) is 265 Å². The van der Waals surface area contributed by atoms with E-state index >= 15 is 0 Å². The average molecular weight is 1100 g/mol. The summed E-state index contributed by atoms with van der Waals surface area (Å²) >= 11 is 0. The molecule has 3 atom stereocenters. The highest BCUT2D eigenvalue weighted by Crippen LogP contribution is 2.43. The normalized spacial score (nSPS) is 14.3. The number of esters is 1. The smallest absolute Gasteiger partial charge is 0.456 e. The highest BCUT2D eigenvalue weighted by molar-refractivity contribution is 7.47. The Labute approximate surface area is 475 Å². The molecule has 444 valence electrons. The van der Waals surface area contributed by atoms with Gasteiger partial charge in [0.15, 0.2) is 0 Å². The van der Waals surface area contributed by atoms with Crippen LogP contribution in [0.5, 0.6) is 0 Å². The van der Waals surface area contributed by atoms with Gasteiger partial charge in [0.1, 0.15) is 19.3 Å². The molecule has 0 bridgehead atoms. The number of carbonyl (C=O) groups is 2. The number of nitrogens with zero attached hydrogens (tertiary/aromatic N) is 1. The van der Waals surface area contributed by atoms with E-state index in [9.17, 15) is 19.0 Å². The number of hydrogen-bond acceptors (Lipinski definition) is 6. The summed E-state index contributed by atoms with van der Waals surface area (Å²) < 4.78 is 30.6. The first kappa shape index (κ1) is 73.9. The predicted molar refractivity (Wildman–Crippen MR) is 332 cm³/mol. The summed E-state index contributed by atoms with van der Waals surface area (Å²) in [5.41, 5.74) is 0. The summed E-state index contributed by atoms with van der Waals surface area (Å²) in [5, 5.41) is 3.04. The van der Waals surface area contributed by atoms with Gasteiger partial charge in [-0.3, -0.25) is 18.6 Å². The summed E-state index contributed by atoms with van der Waals surface area (Å²) in [7, 11) is 1.46. The lowest BCUT2D eigenvalue weighted by atomic mass is 10.0. The zero-order valence-corrected chi connectivity index (χ0v) is 51.6. The number of hydrogen-bond donors (Lipinski definition) is 2. The Hall–Kier alpha value is -3.07. The molecule has 0 radical (unpaired) electrons. The summed E-state index contributed by atoms with van der Waals surface area (Å²) in [6.45, 7) is 6.83. The van der Waals surface area contributed by atoms with Crippen molar-refractivity contribution in [1.82, 2.24) is 5.32 Å². The Balaban J connectivity index is 5.21. The molecule has 3 unspecified atom stereocenters. The van der Waals surface area contributed by atoms with Gasteiger partial charge in [-0.25, -0.2) is 4.57 Å². The first-order valence-corrected chi connectivity index (χ1v) is 33.1. The van der Waals surface area contributed by atoms with E-state index < -0.39 is 20.0 Å². The number of phosphoric acid groups is 1. The van der Waals surface area contributed by atoms with Gasteiger partial charge in [0.2, 0.25) is 5.91 Å². The van der Waals surface area contributed by atoms with Crippen LogP contribution < -0.4 is 5.32 Å². The zero-order chi connectivity index (χ0) is 56.4. The van der Waals surface area contributed by atoms with Gasteiger partial charge in [-0.2, -0.15) is 0 Å². The van der Waals surface area contributed by atoms with E-state index in [4.69, 9.17) is 13.8 Å². The number of nitrogens with one attached hydrogen (secondary N) is 1. The average Bonchev–Trinajstić information content (AvgIpc) is 3.39. The Morgan fingerprint density at radius 1 is 0.468 bits per heavy atom. The van der Waals surface area contributed by atoms with Crippen molar-refractivity contribution in [2.75, 3.05) is 40.9 Å². The summed E-state index contributed by atoms with van der Waals surface area (Å²) in [5.74, 6) is -0.557. The first-order valence-electron chi connectivity index (χ1n) is 31.6. The molecule has 0 saturated carbocycles. The number of carbonyl (C=O) groups excluding carboxylic acids is 2. The maximum Gasteiger partial charge on any atom is 0.472 e. The van der Waals surface area contributed by atoms with Gasteiger partial charge in [0.25, 0.3) is 0 Å². The van der Waals surface area contributed by atoms with Gasteiger partial charge in [0.05, 0.1) is 33.8 Å². The van der Waals surface area contributed by atoms with Crippen molar-refractivity contribution in [3.63, 3.8) is 0 Å². The van der Waals surface area contributed by atoms with Crippen LogP contribution in [0.25, 0.3) is 0 Å². The lowest BCUT2D eigenvalue weighted by Gasteiger charge is -2.27. The molecular formula is C67H120N2O7P+. The Morgan fingerprint density at radius 3 is 1.30 bits per heavy atom. The molecule has 0 aliphatic heterocycles. The number of ether oxygens (including phenoxy) is 1. The predicted octanol–water partition coefficient (Wildman–Crippen LogP) is 19.6. The minimum atomic E-state index is -4.46. The summed E-state index contributed by atoms with van der Waals surface area (Å²) in [4.78, 5) is 37.7. The quantitative estimate of drug-likeness (QED) is 0.0156. The highest BCUT2D eigenvalue weighted by Gasteiger charge is 2.30. The zero-order valence-electron chi connectivity index (χ0n) is 50.7. The molecule has 0 spiro atoms. The molecular weight excluding hydrogens is 976 g/mol. The van der Waals surface area contributed by atoms with Gasteiger partial charge < -0.3 is 19.4 Å². The molecule has 10 heteroatoms. The van der Waals surface area contributed by atoms with E-state index in [2.05, 4.69) is 50.4 Å². The molecule has 0 rings (SSSR count). The lowest BCUT2D eigenvalue weighted by molar-refractivity contribution is -0.870. The van der Waals surface area contributed by atoms with Gasteiger partial charge >= 0.3 is 13.8 Å². The Morgan fingerprint density at radius 2 is 0.844 bits per heavy atom. The van der Waals surface area contributed by atoms with E-state index in [0.717, 1.165) is 64.2 Å². The van der Waals surface area contributed by atoms with Crippen LogP contribution in [0.4, 0.5) is 0 Å². The van der Waals surface area contributed by atoms with Crippen molar-refractivity contribution in [2.24, 2.45) is 0 Å². The second-order valence-corrected chi connectivity index (χ2v) is 23.8. The minimum Gasteiger partial charge on any atom is -0.456 e. The van der Waals surface area contributed by atoms with E-state index in [0.29, 0.717) is 23.9 Å². The molecule has 0 aromatic carbocycles. The van der Waals surface area contributed by atoms with Crippen molar-refractivity contribution in [3.8, 4) is 0 Å². The fourth-order valence-corrected chi connectivity index (χ4v) is 9.53. The largest absolute Gasteiger partial charge is 0.472 e. The highest BCUT2D eigenvalue weighted by atomic mass is 31.2. The summed E-state index contributed by atoms with van der Waals surface area (Å²) in [6, 6.07) is -0.871. The van der Waals surface area contributed by atoms with Crippen LogP contribution in [-0.4, -0.2) is 74.3 Å². The number of amides is 1. The molecule has 0 fully saturated rings. The molecule has 0 aliphatic carbocycles. The minimum absolute atomic E-state index is 0.0286. The Bertz CT molecular complexity index is 1640. The fourth-order valence-electron chi connectivity index (χ4n) is 8.79. The van der Waals surface area contributed by atoms with Gasteiger partial charge in [-0.05, 0) is 76.7 Å². The van der Waals surface area contributed by atoms with Crippen LogP contribution in [-0.2, 0) is 27.9 Å². The number of likely N-dealkylation sites (N-methyl/N-ethyl adjacent to an activating group) is 1.